The van der Waals surface area contributed by atoms with E-state index in [0.29, 0.717) is 18.8 Å². The fourth-order valence-corrected chi connectivity index (χ4v) is 10.2. The molecule has 3 fully saturated rings. The van der Waals surface area contributed by atoms with Gasteiger partial charge < -0.3 is 49.9 Å². The van der Waals surface area contributed by atoms with Crippen molar-refractivity contribution in [2.45, 2.75) is 167 Å². The molecule has 3 saturated heterocycles. The second kappa shape index (κ2) is 27.7. The van der Waals surface area contributed by atoms with Gasteiger partial charge in [-0.05, 0) is 90.7 Å². The molecule has 20 heteroatoms. The van der Waals surface area contributed by atoms with Gasteiger partial charge in [0.1, 0.15) is 48.6 Å². The molecule has 8 amide bonds. The van der Waals surface area contributed by atoms with Crippen molar-refractivity contribution in [3.63, 3.8) is 0 Å². The van der Waals surface area contributed by atoms with Gasteiger partial charge in [-0.25, -0.2) is 0 Å². The summed E-state index contributed by atoms with van der Waals surface area (Å²) in [5.74, 6) is -3.43. The van der Waals surface area contributed by atoms with Crippen LogP contribution in [0.25, 0.3) is 0 Å². The summed E-state index contributed by atoms with van der Waals surface area (Å²) in [6, 6.07) is 2.22. The number of ether oxygens (including phenoxy) is 2. The number of carbonyl (C=O) groups is 8. The standard InChI is InChI=1S/C53H87N9O10S/c1-15-37-49(68)57(10)29-44(63)59(12)40(26-33(2)3)46(65)55-38(30-71-53(7,8)9)45(64)56-39(50(69)62-24-20-17-21-25-62)31-73-32-43-52(72-43)58(11)35(6)48(67)61(14)42(28-36-22-18-16-19-23-36)51(70)60(13)41(27-34(4)5)47(66)54-37/h16,18-19,22-23,33-35,37-43,52H,15,17,20-21,24-32H2,1-14H3,(H,54,66)(H,55,65)(H,56,64)/t35-,37-,38?,39-,40-,41-,42-,43?,52?/m0/s1. The number of epoxide rings is 1. The van der Waals surface area contributed by atoms with Gasteiger partial charge >= 0.3 is 0 Å². The van der Waals surface area contributed by atoms with E-state index < -0.39 is 96.1 Å². The van der Waals surface area contributed by atoms with Crippen molar-refractivity contribution in [1.82, 2.24) is 45.3 Å². The van der Waals surface area contributed by atoms with E-state index in [2.05, 4.69) is 16.0 Å². The molecular weight excluding hydrogens is 955 g/mol. The minimum atomic E-state index is -1.25. The van der Waals surface area contributed by atoms with Crippen molar-refractivity contribution in [3.8, 4) is 0 Å². The number of piperidine rings is 1. The van der Waals surface area contributed by atoms with Gasteiger partial charge in [0.25, 0.3) is 0 Å². The molecule has 0 radical (unpaired) electrons. The third kappa shape index (κ3) is 17.7. The molecule has 3 heterocycles. The number of rotatable bonds is 10. The van der Waals surface area contributed by atoms with Crippen LogP contribution < -0.4 is 16.0 Å². The quantitative estimate of drug-likeness (QED) is 0.289. The molecule has 0 spiro atoms. The number of nitrogens with zero attached hydrogens (tertiary/aromatic N) is 6. The van der Waals surface area contributed by atoms with Gasteiger partial charge in [0.15, 0.2) is 0 Å². The topological polar surface area (TPSA) is 214 Å². The van der Waals surface area contributed by atoms with E-state index in [1.807, 2.05) is 83.7 Å². The molecule has 0 aromatic heterocycles. The van der Waals surface area contributed by atoms with E-state index in [4.69, 9.17) is 9.47 Å². The zero-order chi connectivity index (χ0) is 54.5. The molecule has 0 saturated carbocycles. The summed E-state index contributed by atoms with van der Waals surface area (Å²) in [6.45, 7) is 17.1. The van der Waals surface area contributed by atoms with Gasteiger partial charge in [-0.3, -0.25) is 43.3 Å². The minimum absolute atomic E-state index is 0.0513. The first-order valence-corrected chi connectivity index (χ1v) is 27.3. The second-order valence-corrected chi connectivity index (χ2v) is 23.0. The predicted octanol–water partition coefficient (Wildman–Crippen LogP) is 2.74. The fraction of sp³-hybridized carbons (Fsp3) is 0.736. The first-order valence-electron chi connectivity index (χ1n) is 26.1. The van der Waals surface area contributed by atoms with Crippen LogP contribution in [0.5, 0.6) is 0 Å². The zero-order valence-corrected chi connectivity index (χ0v) is 46.9. The lowest BCUT2D eigenvalue weighted by molar-refractivity contribution is -0.150. The lowest BCUT2D eigenvalue weighted by Crippen LogP contribution is -2.60. The molecule has 9 atom stereocenters. The van der Waals surface area contributed by atoms with Crippen LogP contribution >= 0.6 is 11.8 Å². The first kappa shape index (κ1) is 60.8. The van der Waals surface area contributed by atoms with Gasteiger partial charge in [-0.15, -0.1) is 0 Å². The van der Waals surface area contributed by atoms with E-state index in [1.54, 1.807) is 39.9 Å². The maximum absolute atomic E-state index is 14.9. The Morgan fingerprint density at radius 2 is 1.29 bits per heavy atom. The number of likely N-dealkylation sites (tertiary alicyclic amines) is 1. The average Bonchev–Trinajstić information content (AvgIpc) is 4.13. The number of carbonyl (C=O) groups excluding carboxylic acids is 8. The number of hydrogen-bond acceptors (Lipinski definition) is 12. The molecule has 3 unspecified atom stereocenters. The number of amides is 8. The maximum atomic E-state index is 14.9. The first-order chi connectivity index (χ1) is 34.3. The van der Waals surface area contributed by atoms with Gasteiger partial charge in [-0.1, -0.05) is 65.0 Å². The molecule has 0 aliphatic carbocycles. The molecule has 0 bridgehead atoms. The smallest absolute Gasteiger partial charge is 0.246 e. The Bertz CT molecular complexity index is 2050. The Morgan fingerprint density at radius 3 is 1.85 bits per heavy atom. The van der Waals surface area contributed by atoms with Gasteiger partial charge in [0.2, 0.25) is 47.3 Å². The van der Waals surface area contributed by atoms with Gasteiger partial charge in [0, 0.05) is 59.2 Å². The Labute approximate surface area is 438 Å². The molecular formula is C53H87N9O10S. The number of fused-ring (bicyclic) bond motifs is 1. The molecule has 1 aromatic carbocycles. The molecule has 3 aliphatic rings. The van der Waals surface area contributed by atoms with Crippen molar-refractivity contribution in [1.29, 1.82) is 0 Å². The van der Waals surface area contributed by atoms with Crippen molar-refractivity contribution in [2.24, 2.45) is 11.8 Å². The summed E-state index contributed by atoms with van der Waals surface area (Å²) in [5.41, 5.74) is 0.111. The lowest BCUT2D eigenvalue weighted by atomic mass is 9.98. The second-order valence-electron chi connectivity index (χ2n) is 21.9. The lowest BCUT2D eigenvalue weighted by Gasteiger charge is -2.37. The third-order valence-corrected chi connectivity index (χ3v) is 15.0. The highest BCUT2D eigenvalue weighted by Crippen LogP contribution is 2.31. The van der Waals surface area contributed by atoms with E-state index in [0.717, 1.165) is 24.8 Å². The average molecular weight is 1040 g/mol. The molecule has 3 aliphatic heterocycles. The van der Waals surface area contributed by atoms with Crippen LogP contribution in [-0.4, -0.2) is 210 Å². The zero-order valence-electron chi connectivity index (χ0n) is 46.1. The predicted molar refractivity (Wildman–Crippen MR) is 282 cm³/mol. The van der Waals surface area contributed by atoms with Crippen molar-refractivity contribution in [3.05, 3.63) is 35.9 Å². The van der Waals surface area contributed by atoms with Crippen LogP contribution in [0.1, 0.15) is 106 Å². The maximum Gasteiger partial charge on any atom is 0.246 e. The van der Waals surface area contributed by atoms with Crippen LogP contribution in [0.3, 0.4) is 0 Å². The van der Waals surface area contributed by atoms with Crippen molar-refractivity contribution in [2.75, 3.05) is 73.0 Å². The Kier molecular flexibility index (Phi) is 23.0. The SMILES string of the molecule is CC[C@@H]1NC(=O)[C@H](CC(C)C)N(C)C(=O)[C@H](Cc2ccccc2)N(C)C(=O)[C@H](C)N(C)C2OC2CSC[C@@H](C(=O)N2CCCCC2)NC(=O)C(COC(C)(C)C)NC(=O)[C@H](CC(C)C)N(C)C(=O)CN(C)C1=O. The summed E-state index contributed by atoms with van der Waals surface area (Å²) >= 11 is 1.43. The highest BCUT2D eigenvalue weighted by molar-refractivity contribution is 7.99. The number of nitrogens with one attached hydrogen (secondary N) is 3. The van der Waals surface area contributed by atoms with Crippen molar-refractivity contribution < 1.29 is 47.8 Å². The molecule has 1 aromatic rings. The number of hydrogen-bond donors (Lipinski definition) is 3. The van der Waals surface area contributed by atoms with Gasteiger partial charge in [-0.2, -0.15) is 11.8 Å². The Morgan fingerprint density at radius 1 is 0.726 bits per heavy atom. The highest BCUT2D eigenvalue weighted by Gasteiger charge is 2.47. The van der Waals surface area contributed by atoms with E-state index in [9.17, 15) is 38.4 Å². The van der Waals surface area contributed by atoms with Crippen molar-refractivity contribution >= 4 is 59.0 Å². The monoisotopic (exact) mass is 1040 g/mol. The van der Waals surface area contributed by atoms with Crippen LogP contribution in [0.2, 0.25) is 0 Å². The van der Waals surface area contributed by atoms with Gasteiger partial charge in [0.05, 0.1) is 24.8 Å². The summed E-state index contributed by atoms with van der Waals surface area (Å²) < 4.78 is 12.2. The van der Waals surface area contributed by atoms with E-state index in [1.165, 1.54) is 45.5 Å². The third-order valence-electron chi connectivity index (χ3n) is 13.9. The molecule has 3 N–H and O–H groups in total. The van der Waals surface area contributed by atoms with Crippen LogP contribution in [0.15, 0.2) is 30.3 Å². The number of benzene rings is 1. The van der Waals surface area contributed by atoms with Crippen LogP contribution in [0, 0.1) is 11.8 Å². The summed E-state index contributed by atoms with van der Waals surface area (Å²) in [4.78, 5) is 124. The summed E-state index contributed by atoms with van der Waals surface area (Å²) in [6.07, 6.45) is 2.72. The summed E-state index contributed by atoms with van der Waals surface area (Å²) in [7, 11) is 7.84. The molecule has 19 nitrogen and oxygen atoms in total. The number of thioether (sulfide) groups is 1. The Balaban J connectivity index is 1.75. The fourth-order valence-electron chi connectivity index (χ4n) is 9.15. The minimum Gasteiger partial charge on any atom is -0.373 e. The Hall–Kier alpha value is -4.79. The van der Waals surface area contributed by atoms with E-state index >= 15 is 0 Å². The molecule has 410 valence electrons. The number of likely N-dealkylation sites (N-methyl/N-ethyl adjacent to an activating group) is 5. The summed E-state index contributed by atoms with van der Waals surface area (Å²) in [5, 5.41) is 8.67. The van der Waals surface area contributed by atoms with Crippen LogP contribution in [-0.2, 0) is 54.3 Å². The van der Waals surface area contributed by atoms with Crippen LogP contribution in [0.4, 0.5) is 0 Å². The molecule has 73 heavy (non-hydrogen) atoms. The largest absolute Gasteiger partial charge is 0.373 e. The highest BCUT2D eigenvalue weighted by atomic mass is 32.2. The molecule has 4 rings (SSSR count). The normalized spacial score (nSPS) is 28.1. The van der Waals surface area contributed by atoms with E-state index in [-0.39, 0.29) is 67.8 Å².